The minimum absolute atomic E-state index is 0.118. The van der Waals surface area contributed by atoms with E-state index in [9.17, 15) is 9.59 Å². The number of primary amides is 1. The maximum absolute atomic E-state index is 12.5. The van der Waals surface area contributed by atoms with Crippen LogP contribution in [0.15, 0.2) is 46.5 Å². The van der Waals surface area contributed by atoms with Gasteiger partial charge < -0.3 is 16.0 Å². The third-order valence-electron chi connectivity index (χ3n) is 3.60. The highest BCUT2D eigenvalue weighted by Gasteiger charge is 2.19. The summed E-state index contributed by atoms with van der Waals surface area (Å²) in [7, 11) is 0. The van der Waals surface area contributed by atoms with Crippen molar-refractivity contribution in [3.63, 3.8) is 0 Å². The van der Waals surface area contributed by atoms with Crippen LogP contribution in [0.5, 0.6) is 0 Å². The largest absolute Gasteiger partial charge is 0.366 e. The monoisotopic (exact) mass is 392 g/mol. The Kier molecular flexibility index (Phi) is 5.98. The SMILES string of the molecule is NC(=O)c1ccsc1NC(=O)C[NH+](Cc1cccs1)Cc1cccs1. The normalized spacial score (nSPS) is 10.9. The van der Waals surface area contributed by atoms with E-state index in [0.717, 1.165) is 18.0 Å². The quantitative estimate of drug-likeness (QED) is 0.550. The van der Waals surface area contributed by atoms with Gasteiger partial charge in [0.25, 0.3) is 11.8 Å². The molecule has 130 valence electrons. The minimum atomic E-state index is -0.530. The van der Waals surface area contributed by atoms with Gasteiger partial charge in [-0.2, -0.15) is 0 Å². The average molecular weight is 393 g/mol. The highest BCUT2D eigenvalue weighted by atomic mass is 32.1. The number of hydrogen-bond acceptors (Lipinski definition) is 5. The lowest BCUT2D eigenvalue weighted by Crippen LogP contribution is -3.10. The maximum Gasteiger partial charge on any atom is 0.280 e. The van der Waals surface area contributed by atoms with E-state index in [4.69, 9.17) is 5.73 Å². The predicted molar refractivity (Wildman–Crippen MR) is 103 cm³/mol. The molecule has 2 amide bonds. The summed E-state index contributed by atoms with van der Waals surface area (Å²) in [5, 5.41) is 9.18. The lowest BCUT2D eigenvalue weighted by molar-refractivity contribution is -0.918. The Balaban J connectivity index is 1.67. The van der Waals surface area contributed by atoms with Crippen LogP contribution in [-0.4, -0.2) is 18.4 Å². The molecule has 3 aromatic rings. The van der Waals surface area contributed by atoms with Crippen molar-refractivity contribution in [3.8, 4) is 0 Å². The molecule has 0 spiro atoms. The second-order valence-corrected chi connectivity index (χ2v) is 8.50. The molecule has 3 rings (SSSR count). The molecule has 0 atom stereocenters. The number of rotatable bonds is 8. The molecule has 0 radical (unpaired) electrons. The highest BCUT2D eigenvalue weighted by molar-refractivity contribution is 7.14. The van der Waals surface area contributed by atoms with Crippen LogP contribution < -0.4 is 16.0 Å². The van der Waals surface area contributed by atoms with Crippen LogP contribution >= 0.6 is 34.0 Å². The first-order valence-corrected chi connectivity index (χ1v) is 10.3. The summed E-state index contributed by atoms with van der Waals surface area (Å²) in [5.74, 6) is -0.647. The van der Waals surface area contributed by atoms with Crippen LogP contribution in [0.4, 0.5) is 5.00 Å². The Morgan fingerprint density at radius 2 is 1.60 bits per heavy atom. The van der Waals surface area contributed by atoms with Gasteiger partial charge in [0.1, 0.15) is 18.1 Å². The molecule has 0 aliphatic rings. The second-order valence-electron chi connectivity index (χ2n) is 5.51. The van der Waals surface area contributed by atoms with Gasteiger partial charge in [-0.05, 0) is 34.3 Å². The molecule has 0 fully saturated rings. The molecule has 3 aromatic heterocycles. The molecule has 5 nitrogen and oxygen atoms in total. The first kappa shape index (κ1) is 17.8. The molecule has 8 heteroatoms. The van der Waals surface area contributed by atoms with Gasteiger partial charge in [-0.15, -0.1) is 34.0 Å². The number of quaternary nitrogens is 1. The third kappa shape index (κ3) is 4.99. The zero-order chi connectivity index (χ0) is 17.6. The molecule has 0 aromatic carbocycles. The Morgan fingerprint density at radius 1 is 0.960 bits per heavy atom. The Morgan fingerprint density at radius 3 is 2.12 bits per heavy atom. The number of anilines is 1. The molecule has 25 heavy (non-hydrogen) atoms. The van der Waals surface area contributed by atoms with Crippen molar-refractivity contribution in [2.45, 2.75) is 13.1 Å². The summed E-state index contributed by atoms with van der Waals surface area (Å²) in [6, 6.07) is 9.84. The maximum atomic E-state index is 12.5. The molecule has 0 saturated carbocycles. The molecule has 0 aliphatic carbocycles. The van der Waals surface area contributed by atoms with Crippen molar-refractivity contribution in [1.82, 2.24) is 0 Å². The number of nitrogens with two attached hydrogens (primary N) is 1. The van der Waals surface area contributed by atoms with Gasteiger partial charge in [-0.3, -0.25) is 9.59 Å². The highest BCUT2D eigenvalue weighted by Crippen LogP contribution is 2.22. The summed E-state index contributed by atoms with van der Waals surface area (Å²) in [4.78, 5) is 27.5. The lowest BCUT2D eigenvalue weighted by atomic mass is 10.3. The Labute approximate surface area is 157 Å². The second kappa shape index (κ2) is 8.39. The molecular weight excluding hydrogens is 374 g/mol. The van der Waals surface area contributed by atoms with Crippen LogP contribution in [0, 0.1) is 0 Å². The van der Waals surface area contributed by atoms with Gasteiger partial charge in [0.05, 0.1) is 15.3 Å². The van der Waals surface area contributed by atoms with Crippen LogP contribution in [0.3, 0.4) is 0 Å². The van der Waals surface area contributed by atoms with Crippen molar-refractivity contribution in [3.05, 3.63) is 61.8 Å². The standard InChI is InChI=1S/C17H17N3O2S3/c18-16(22)14-5-8-25-17(14)19-15(21)11-20(9-12-3-1-6-23-12)10-13-4-2-7-24-13/h1-8H,9-11H2,(H2,18,22)(H,19,21)/p+1. The first-order chi connectivity index (χ1) is 12.1. The number of thiophene rings is 3. The predicted octanol–water partition coefficient (Wildman–Crippen LogP) is 2.19. The van der Waals surface area contributed by atoms with Gasteiger partial charge in [-0.25, -0.2) is 0 Å². The van der Waals surface area contributed by atoms with Crippen molar-refractivity contribution >= 4 is 50.8 Å². The Hall–Kier alpha value is -2.00. The number of nitrogens with one attached hydrogen (secondary N) is 2. The zero-order valence-electron chi connectivity index (χ0n) is 13.4. The van der Waals surface area contributed by atoms with E-state index in [0.29, 0.717) is 17.1 Å². The lowest BCUT2D eigenvalue weighted by Gasteiger charge is -2.17. The van der Waals surface area contributed by atoms with Gasteiger partial charge >= 0.3 is 0 Å². The summed E-state index contributed by atoms with van der Waals surface area (Å²) >= 11 is 4.69. The number of amides is 2. The molecule has 0 aliphatic heterocycles. The zero-order valence-corrected chi connectivity index (χ0v) is 15.8. The fourth-order valence-electron chi connectivity index (χ4n) is 2.50. The summed E-state index contributed by atoms with van der Waals surface area (Å²) in [6.45, 7) is 1.90. The van der Waals surface area contributed by atoms with Crippen molar-refractivity contribution < 1.29 is 14.5 Å². The van der Waals surface area contributed by atoms with Gasteiger partial charge in [-0.1, -0.05) is 12.1 Å². The molecule has 4 N–H and O–H groups in total. The van der Waals surface area contributed by atoms with Crippen LogP contribution in [0.2, 0.25) is 0 Å². The molecule has 3 heterocycles. The summed E-state index contributed by atoms with van der Waals surface area (Å²) < 4.78 is 0. The minimum Gasteiger partial charge on any atom is -0.366 e. The van der Waals surface area contributed by atoms with E-state index in [1.807, 2.05) is 22.9 Å². The number of carbonyl (C=O) groups excluding carboxylic acids is 2. The molecule has 0 unspecified atom stereocenters. The summed E-state index contributed by atoms with van der Waals surface area (Å²) in [5.41, 5.74) is 5.69. The number of carbonyl (C=O) groups is 2. The smallest absolute Gasteiger partial charge is 0.280 e. The Bertz CT molecular complexity index is 789. The van der Waals surface area contributed by atoms with Gasteiger partial charge in [0.15, 0.2) is 6.54 Å². The van der Waals surface area contributed by atoms with Gasteiger partial charge in [0.2, 0.25) is 0 Å². The third-order valence-corrected chi connectivity index (χ3v) is 6.19. The average Bonchev–Trinajstić information content (AvgIpc) is 3.28. The first-order valence-electron chi connectivity index (χ1n) is 7.67. The van der Waals surface area contributed by atoms with Gasteiger partial charge in [0, 0.05) is 0 Å². The van der Waals surface area contributed by atoms with Crippen molar-refractivity contribution in [2.24, 2.45) is 5.73 Å². The van der Waals surface area contributed by atoms with E-state index in [2.05, 4.69) is 17.4 Å². The van der Waals surface area contributed by atoms with Crippen LogP contribution in [-0.2, 0) is 17.9 Å². The van der Waals surface area contributed by atoms with Crippen molar-refractivity contribution in [2.75, 3.05) is 11.9 Å². The molecule has 0 bridgehead atoms. The van der Waals surface area contributed by atoms with E-state index < -0.39 is 5.91 Å². The van der Waals surface area contributed by atoms with Crippen LogP contribution in [0.1, 0.15) is 20.1 Å². The molecule has 0 saturated heterocycles. The fourth-order valence-corrected chi connectivity index (χ4v) is 4.87. The van der Waals surface area contributed by atoms with Crippen LogP contribution in [0.25, 0.3) is 0 Å². The van der Waals surface area contributed by atoms with E-state index in [-0.39, 0.29) is 5.91 Å². The van der Waals surface area contributed by atoms with E-state index >= 15 is 0 Å². The fraction of sp³-hybridized carbons (Fsp3) is 0.176. The topological polar surface area (TPSA) is 76.6 Å². The number of hydrogen-bond donors (Lipinski definition) is 3. The van der Waals surface area contributed by atoms with Crippen molar-refractivity contribution in [1.29, 1.82) is 0 Å². The molecular formula is C17H18N3O2S3+. The van der Waals surface area contributed by atoms with E-state index in [1.165, 1.54) is 21.1 Å². The van der Waals surface area contributed by atoms with E-state index in [1.54, 1.807) is 34.1 Å². The summed E-state index contributed by atoms with van der Waals surface area (Å²) in [6.07, 6.45) is 0.